The number of nitrogen functional groups attached to an aromatic ring is 1. The highest BCUT2D eigenvalue weighted by Gasteiger charge is 2.56. The number of thioether (sulfide) groups is 1. The fourth-order valence-corrected chi connectivity index (χ4v) is 4.90. The zero-order chi connectivity index (χ0) is 22.2. The lowest BCUT2D eigenvalue weighted by Crippen LogP contribution is -2.63. The molecule has 0 radical (unpaired) electrons. The van der Waals surface area contributed by atoms with Gasteiger partial charge >= 0.3 is 11.9 Å². The molecule has 2 aliphatic rings. The van der Waals surface area contributed by atoms with Crippen molar-refractivity contribution >= 4 is 57.7 Å². The van der Waals surface area contributed by atoms with Crippen LogP contribution in [0.5, 0.6) is 0 Å². The number of nitrogens with two attached hydrogens (primary N) is 1. The highest BCUT2D eigenvalue weighted by molar-refractivity contribution is 8.00. The summed E-state index contributed by atoms with van der Waals surface area (Å²) in [5.41, 5.74) is 3.72. The van der Waals surface area contributed by atoms with Crippen molar-refractivity contribution in [2.45, 2.75) is 30.9 Å². The number of carboxylic acid groups (broad SMARTS) is 2. The first kappa shape index (κ1) is 21.8. The van der Waals surface area contributed by atoms with Gasteiger partial charge in [0.25, 0.3) is 5.91 Å². The summed E-state index contributed by atoms with van der Waals surface area (Å²) >= 11 is 2.40. The lowest BCUT2D eigenvalue weighted by atomic mass is 9.96. The van der Waals surface area contributed by atoms with Crippen LogP contribution in [0.1, 0.15) is 19.5 Å². The van der Waals surface area contributed by atoms with Crippen LogP contribution < -0.4 is 11.1 Å². The maximum Gasteiger partial charge on any atom is 0.350 e. The fraction of sp³-hybridized carbons (Fsp3) is 0.500. The maximum absolute atomic E-state index is 12.7. The molecule has 0 bridgehead atoms. The van der Waals surface area contributed by atoms with Crippen molar-refractivity contribution < 1.29 is 34.2 Å². The van der Waals surface area contributed by atoms with Crippen LogP contribution in [0.3, 0.4) is 0 Å². The number of hydrogen-bond donors (Lipinski definition) is 4. The van der Waals surface area contributed by atoms with Gasteiger partial charge in [0, 0.05) is 17.7 Å². The lowest BCUT2D eigenvalue weighted by molar-refractivity contribution is -0.161. The van der Waals surface area contributed by atoms with Crippen LogP contribution >= 0.6 is 23.1 Å². The molecule has 3 atom stereocenters. The van der Waals surface area contributed by atoms with E-state index in [0.717, 1.165) is 11.3 Å². The molecule has 2 aliphatic heterocycles. The molecule has 3 rings (SSSR count). The minimum absolute atomic E-state index is 0.0425. The minimum atomic E-state index is -1.69. The van der Waals surface area contributed by atoms with E-state index in [0.29, 0.717) is 5.75 Å². The number of carboxylic acids is 2. The summed E-state index contributed by atoms with van der Waals surface area (Å²) in [5.74, 6) is -3.70. The van der Waals surface area contributed by atoms with E-state index in [1.165, 1.54) is 35.9 Å². The first-order valence-electron chi connectivity index (χ1n) is 8.68. The number of aromatic nitrogens is 1. The Morgan fingerprint density at radius 3 is 2.70 bits per heavy atom. The molecule has 0 spiro atoms. The first-order chi connectivity index (χ1) is 14.0. The number of aliphatic carboxylic acids is 2. The molecule has 12 nitrogen and oxygen atoms in total. The van der Waals surface area contributed by atoms with Crippen molar-refractivity contribution in [1.29, 1.82) is 0 Å². The molecule has 5 N–H and O–H groups in total. The Balaban J connectivity index is 1.70. The molecule has 2 saturated heterocycles. The van der Waals surface area contributed by atoms with E-state index < -0.39 is 35.4 Å². The predicted octanol–water partition coefficient (Wildman–Crippen LogP) is -0.590. The molecule has 14 heteroatoms. The highest BCUT2D eigenvalue weighted by Crippen LogP contribution is 2.43. The van der Waals surface area contributed by atoms with E-state index in [9.17, 15) is 19.2 Å². The number of carbonyl (C=O) groups is 4. The van der Waals surface area contributed by atoms with Gasteiger partial charge in [-0.3, -0.25) is 9.59 Å². The summed E-state index contributed by atoms with van der Waals surface area (Å²) in [4.78, 5) is 57.7. The van der Waals surface area contributed by atoms with Crippen molar-refractivity contribution in [2.24, 2.45) is 11.1 Å². The van der Waals surface area contributed by atoms with Gasteiger partial charge in [-0.1, -0.05) is 5.16 Å². The average molecular weight is 457 g/mol. The largest absolute Gasteiger partial charge is 0.480 e. The predicted molar refractivity (Wildman–Crippen MR) is 107 cm³/mol. The molecule has 30 heavy (non-hydrogen) atoms. The van der Waals surface area contributed by atoms with Crippen molar-refractivity contribution in [1.82, 2.24) is 15.2 Å². The Bertz CT molecular complexity index is 931. The smallest absolute Gasteiger partial charge is 0.350 e. The van der Waals surface area contributed by atoms with Gasteiger partial charge in [0.05, 0.1) is 11.3 Å². The second-order valence-corrected chi connectivity index (χ2v) is 9.10. The molecule has 2 unspecified atom stereocenters. The second kappa shape index (κ2) is 8.10. The lowest BCUT2D eigenvalue weighted by Gasteiger charge is -2.43. The molecule has 0 aromatic carbocycles. The number of amides is 2. The molecule has 1 aromatic rings. The SMILES string of the molecule is CC(C)(O/N=C(\C(=O)NCC1C(=O)N2C(C(=O)O)CS[C@H]12)c1csc(N)n1)C(=O)O. The van der Waals surface area contributed by atoms with Crippen LogP contribution in [0.25, 0.3) is 0 Å². The number of thiazole rings is 1. The number of β-lactam (4-membered cyclic amide) rings is 1. The number of carbonyl (C=O) groups excluding carboxylic acids is 2. The molecule has 2 amide bonds. The third-order valence-electron chi connectivity index (χ3n) is 4.58. The Labute approximate surface area is 178 Å². The van der Waals surface area contributed by atoms with E-state index in [4.69, 9.17) is 20.8 Å². The van der Waals surface area contributed by atoms with Crippen LogP contribution in [0.4, 0.5) is 5.13 Å². The summed E-state index contributed by atoms with van der Waals surface area (Å²) in [6, 6.07) is -0.860. The molecule has 2 fully saturated rings. The molecule has 1 aromatic heterocycles. The summed E-state index contributed by atoms with van der Waals surface area (Å²) in [6.45, 7) is 2.49. The summed E-state index contributed by atoms with van der Waals surface area (Å²) in [5, 5.41) is 25.9. The Kier molecular flexibility index (Phi) is 5.90. The zero-order valence-electron chi connectivity index (χ0n) is 15.9. The third kappa shape index (κ3) is 4.05. The van der Waals surface area contributed by atoms with Crippen LogP contribution in [0.2, 0.25) is 0 Å². The van der Waals surface area contributed by atoms with Gasteiger partial charge < -0.3 is 31.0 Å². The molecule has 0 aliphatic carbocycles. The Hall–Kier alpha value is -2.87. The van der Waals surface area contributed by atoms with Gasteiger partial charge in [0.2, 0.25) is 11.5 Å². The molecular formula is C16H19N5O7S2. The summed E-state index contributed by atoms with van der Waals surface area (Å²) in [6.07, 6.45) is 0. The van der Waals surface area contributed by atoms with Crippen molar-refractivity contribution in [3.05, 3.63) is 11.1 Å². The summed E-state index contributed by atoms with van der Waals surface area (Å²) in [7, 11) is 0. The minimum Gasteiger partial charge on any atom is -0.480 e. The van der Waals surface area contributed by atoms with Gasteiger partial charge in [-0.25, -0.2) is 14.6 Å². The van der Waals surface area contributed by atoms with Crippen molar-refractivity contribution in [3.8, 4) is 0 Å². The van der Waals surface area contributed by atoms with Gasteiger partial charge in [0.15, 0.2) is 10.8 Å². The molecular weight excluding hydrogens is 438 g/mol. The zero-order valence-corrected chi connectivity index (χ0v) is 17.5. The number of hydrogen-bond acceptors (Lipinski definition) is 10. The van der Waals surface area contributed by atoms with E-state index in [2.05, 4.69) is 15.5 Å². The van der Waals surface area contributed by atoms with Crippen LogP contribution in [0, 0.1) is 5.92 Å². The van der Waals surface area contributed by atoms with E-state index in [1.54, 1.807) is 0 Å². The monoisotopic (exact) mass is 457 g/mol. The van der Waals surface area contributed by atoms with E-state index in [1.807, 2.05) is 0 Å². The standard InChI is InChI=1S/C16H19N5O7S2/c1-16(2,14(26)27)28-20-9(7-4-30-15(17)19-7)10(22)18-3-6-11(23)21-8(13(24)25)5-29-12(6)21/h4,6,8,12H,3,5H2,1-2H3,(H2,17,19)(H,18,22)(H,24,25)(H,26,27)/b20-9-/t6?,8?,12-/m1/s1. The van der Waals surface area contributed by atoms with Gasteiger partial charge in [0.1, 0.15) is 11.7 Å². The van der Waals surface area contributed by atoms with E-state index in [-0.39, 0.29) is 34.4 Å². The van der Waals surface area contributed by atoms with Gasteiger partial charge in [-0.15, -0.1) is 23.1 Å². The number of nitrogens with one attached hydrogen (secondary N) is 1. The molecule has 162 valence electrons. The van der Waals surface area contributed by atoms with E-state index >= 15 is 0 Å². The maximum atomic E-state index is 12.7. The van der Waals surface area contributed by atoms with Crippen LogP contribution in [-0.4, -0.2) is 78.9 Å². The van der Waals surface area contributed by atoms with Crippen molar-refractivity contribution in [3.63, 3.8) is 0 Å². The number of nitrogens with zero attached hydrogens (tertiary/aromatic N) is 3. The Morgan fingerprint density at radius 1 is 1.43 bits per heavy atom. The third-order valence-corrected chi connectivity index (χ3v) is 6.66. The highest BCUT2D eigenvalue weighted by atomic mass is 32.2. The topological polar surface area (TPSA) is 185 Å². The van der Waals surface area contributed by atoms with Gasteiger partial charge in [-0.05, 0) is 13.8 Å². The normalized spacial score (nSPS) is 23.5. The molecule has 3 heterocycles. The summed E-state index contributed by atoms with van der Waals surface area (Å²) < 4.78 is 0. The first-order valence-corrected chi connectivity index (χ1v) is 10.6. The van der Waals surface area contributed by atoms with Gasteiger partial charge in [-0.2, -0.15) is 0 Å². The van der Waals surface area contributed by atoms with Crippen LogP contribution in [0.15, 0.2) is 10.5 Å². The quantitative estimate of drug-likeness (QED) is 0.223. The van der Waals surface area contributed by atoms with Crippen LogP contribution in [-0.2, 0) is 24.0 Å². The number of fused-ring (bicyclic) bond motifs is 1. The number of anilines is 1. The molecule has 0 saturated carbocycles. The average Bonchev–Trinajstić information content (AvgIpc) is 3.26. The second-order valence-electron chi connectivity index (χ2n) is 7.06. The Morgan fingerprint density at radius 2 is 2.13 bits per heavy atom. The number of oxime groups is 1. The van der Waals surface area contributed by atoms with Crippen molar-refractivity contribution in [2.75, 3.05) is 18.0 Å². The number of rotatable bonds is 8. The fourth-order valence-electron chi connectivity index (χ4n) is 2.81.